The van der Waals surface area contributed by atoms with Gasteiger partial charge in [0, 0.05) is 5.56 Å². The van der Waals surface area contributed by atoms with Crippen molar-refractivity contribution in [2.75, 3.05) is 21.3 Å². The number of carbonyl (C=O) groups is 4. The highest BCUT2D eigenvalue weighted by Gasteiger charge is 2.61. The third-order valence-electron chi connectivity index (χ3n) is 4.65. The number of nitrogens with zero attached hydrogens (tertiary/aromatic N) is 2. The standard InChI is InChI=1S/C22H27N3O8S/c1-12(24-25-20(29)33-21(2,3)4)22(15(17(26)31-6)18(27)32-7)19(28)23-16(34-22)13-8-10-14(30-5)11-9-13/h8-11,15H,1-7H3,(H,25,29)/b24-12+. The van der Waals surface area contributed by atoms with Crippen molar-refractivity contribution in [1.29, 1.82) is 0 Å². The molecule has 0 spiro atoms. The van der Waals surface area contributed by atoms with Gasteiger partial charge in [-0.1, -0.05) is 11.8 Å². The van der Waals surface area contributed by atoms with Gasteiger partial charge < -0.3 is 18.9 Å². The maximum Gasteiger partial charge on any atom is 0.428 e. The van der Waals surface area contributed by atoms with Gasteiger partial charge in [0.25, 0.3) is 5.91 Å². The molecule has 0 saturated heterocycles. The number of methoxy groups -OCH3 is 3. The van der Waals surface area contributed by atoms with E-state index in [9.17, 15) is 19.2 Å². The number of ether oxygens (including phenoxy) is 4. The summed E-state index contributed by atoms with van der Waals surface area (Å²) in [6.45, 7) is 6.38. The molecule has 0 bridgehead atoms. The van der Waals surface area contributed by atoms with E-state index in [0.29, 0.717) is 11.3 Å². The maximum absolute atomic E-state index is 13.3. The molecule has 0 fully saturated rings. The number of nitrogens with one attached hydrogen (secondary N) is 1. The number of rotatable bonds is 7. The van der Waals surface area contributed by atoms with Crippen LogP contribution in [-0.4, -0.2) is 66.4 Å². The fourth-order valence-corrected chi connectivity index (χ4v) is 4.37. The highest BCUT2D eigenvalue weighted by atomic mass is 32.2. The summed E-state index contributed by atoms with van der Waals surface area (Å²) in [6.07, 6.45) is -0.888. The van der Waals surface area contributed by atoms with Crippen LogP contribution in [0, 0.1) is 5.92 Å². The minimum Gasteiger partial charge on any atom is -0.497 e. The van der Waals surface area contributed by atoms with E-state index >= 15 is 0 Å². The first-order valence-electron chi connectivity index (χ1n) is 10.1. The molecule has 1 aliphatic rings. The largest absolute Gasteiger partial charge is 0.497 e. The van der Waals surface area contributed by atoms with Gasteiger partial charge in [-0.3, -0.25) is 14.4 Å². The van der Waals surface area contributed by atoms with Crippen LogP contribution in [0.25, 0.3) is 0 Å². The van der Waals surface area contributed by atoms with E-state index in [4.69, 9.17) is 18.9 Å². The number of aliphatic imine (C=N–C) groups is 1. The van der Waals surface area contributed by atoms with Crippen molar-refractivity contribution in [3.63, 3.8) is 0 Å². The second-order valence-corrected chi connectivity index (χ2v) is 9.31. The van der Waals surface area contributed by atoms with Crippen LogP contribution in [0.4, 0.5) is 4.79 Å². The first-order chi connectivity index (χ1) is 15.9. The summed E-state index contributed by atoms with van der Waals surface area (Å²) in [5.74, 6) is -4.04. The lowest BCUT2D eigenvalue weighted by molar-refractivity contribution is -0.160. The van der Waals surface area contributed by atoms with Gasteiger partial charge in [0.2, 0.25) is 0 Å². The molecule has 1 aromatic carbocycles. The van der Waals surface area contributed by atoms with Crippen LogP contribution in [0.3, 0.4) is 0 Å². The number of esters is 2. The van der Waals surface area contributed by atoms with Crippen molar-refractivity contribution in [2.24, 2.45) is 16.0 Å². The Morgan fingerprint density at radius 1 is 1.06 bits per heavy atom. The predicted octanol–water partition coefficient (Wildman–Crippen LogP) is 2.32. The topological polar surface area (TPSA) is 142 Å². The summed E-state index contributed by atoms with van der Waals surface area (Å²) < 4.78 is 17.9. The minimum atomic E-state index is -1.97. The number of hydrogen-bond donors (Lipinski definition) is 1. The molecule has 12 heteroatoms. The van der Waals surface area contributed by atoms with Crippen LogP contribution >= 0.6 is 11.8 Å². The van der Waals surface area contributed by atoms with Gasteiger partial charge in [-0.2, -0.15) is 5.10 Å². The molecule has 1 atom stereocenters. The number of benzene rings is 1. The van der Waals surface area contributed by atoms with Gasteiger partial charge in [-0.15, -0.1) is 0 Å². The molecule has 0 radical (unpaired) electrons. The Labute approximate surface area is 201 Å². The zero-order chi connectivity index (χ0) is 25.7. The monoisotopic (exact) mass is 493 g/mol. The SMILES string of the molecule is COC(=O)C(C(=O)OC)C1(/C(C)=N/NC(=O)OC(C)(C)C)SC(c2ccc(OC)cc2)=NC1=O. The fourth-order valence-electron chi connectivity index (χ4n) is 3.05. The molecule has 11 nitrogen and oxygen atoms in total. The Bertz CT molecular complexity index is 1010. The van der Waals surface area contributed by atoms with Crippen LogP contribution in [0.15, 0.2) is 34.4 Å². The number of thioether (sulfide) groups is 1. The third-order valence-corrected chi connectivity index (χ3v) is 6.20. The van der Waals surface area contributed by atoms with Crippen molar-refractivity contribution in [1.82, 2.24) is 5.43 Å². The lowest BCUT2D eigenvalue weighted by Crippen LogP contribution is -2.54. The van der Waals surface area contributed by atoms with E-state index in [1.165, 1.54) is 14.0 Å². The Morgan fingerprint density at radius 3 is 2.09 bits per heavy atom. The van der Waals surface area contributed by atoms with Crippen molar-refractivity contribution in [2.45, 2.75) is 38.0 Å². The van der Waals surface area contributed by atoms with Gasteiger partial charge >= 0.3 is 18.0 Å². The van der Waals surface area contributed by atoms with E-state index in [2.05, 4.69) is 15.5 Å². The molecule has 2 rings (SSSR count). The normalized spacial score (nSPS) is 18.3. The Morgan fingerprint density at radius 2 is 1.62 bits per heavy atom. The predicted molar refractivity (Wildman–Crippen MR) is 125 cm³/mol. The molecule has 34 heavy (non-hydrogen) atoms. The van der Waals surface area contributed by atoms with Crippen LogP contribution in [-0.2, 0) is 28.6 Å². The smallest absolute Gasteiger partial charge is 0.428 e. The molecule has 184 valence electrons. The maximum atomic E-state index is 13.3. The van der Waals surface area contributed by atoms with Gasteiger partial charge in [-0.05, 0) is 52.0 Å². The lowest BCUT2D eigenvalue weighted by atomic mass is 9.86. The van der Waals surface area contributed by atoms with Crippen molar-refractivity contribution >= 4 is 46.5 Å². The molecule has 1 N–H and O–H groups in total. The molecular weight excluding hydrogens is 466 g/mol. The number of carbonyl (C=O) groups excluding carboxylic acids is 4. The molecule has 1 aliphatic heterocycles. The summed E-state index contributed by atoms with van der Waals surface area (Å²) in [7, 11) is 3.67. The highest BCUT2D eigenvalue weighted by molar-refractivity contribution is 8.17. The van der Waals surface area contributed by atoms with E-state index in [-0.39, 0.29) is 10.8 Å². The number of amides is 2. The van der Waals surface area contributed by atoms with E-state index in [0.717, 1.165) is 26.0 Å². The number of hydrazone groups is 1. The van der Waals surface area contributed by atoms with Gasteiger partial charge in [0.05, 0.1) is 27.0 Å². The summed E-state index contributed by atoms with van der Waals surface area (Å²) in [5, 5.41) is 4.20. The second kappa shape index (κ2) is 10.7. The molecule has 2 amide bonds. The van der Waals surface area contributed by atoms with Crippen LogP contribution in [0.1, 0.15) is 33.3 Å². The number of hydrogen-bond acceptors (Lipinski definition) is 10. The average Bonchev–Trinajstić information content (AvgIpc) is 3.13. The summed E-state index contributed by atoms with van der Waals surface area (Å²) in [6, 6.07) is 6.69. The van der Waals surface area contributed by atoms with E-state index in [1.807, 2.05) is 0 Å². The van der Waals surface area contributed by atoms with Crippen LogP contribution < -0.4 is 10.2 Å². The molecule has 1 heterocycles. The molecular formula is C22H27N3O8S. The quantitative estimate of drug-likeness (QED) is 0.199. The minimum absolute atomic E-state index is 0.0820. The highest BCUT2D eigenvalue weighted by Crippen LogP contribution is 2.44. The van der Waals surface area contributed by atoms with Crippen molar-refractivity contribution < 1.29 is 38.1 Å². The van der Waals surface area contributed by atoms with Crippen LogP contribution in [0.5, 0.6) is 5.75 Å². The third kappa shape index (κ3) is 5.74. The summed E-state index contributed by atoms with van der Waals surface area (Å²) in [4.78, 5) is 54.9. The second-order valence-electron chi connectivity index (χ2n) is 8.08. The fraction of sp³-hybridized carbons (Fsp3) is 0.455. The van der Waals surface area contributed by atoms with E-state index < -0.39 is 40.2 Å². The van der Waals surface area contributed by atoms with E-state index in [1.54, 1.807) is 45.0 Å². The Balaban J connectivity index is 2.55. The average molecular weight is 494 g/mol. The lowest BCUT2D eigenvalue weighted by Gasteiger charge is -2.30. The molecule has 0 aliphatic carbocycles. The van der Waals surface area contributed by atoms with Crippen molar-refractivity contribution in [3.8, 4) is 5.75 Å². The zero-order valence-electron chi connectivity index (χ0n) is 20.0. The first kappa shape index (κ1) is 26.8. The van der Waals surface area contributed by atoms with Gasteiger partial charge in [0.15, 0.2) is 10.7 Å². The molecule has 1 aromatic rings. The summed E-state index contributed by atoms with van der Waals surface area (Å²) in [5.41, 5.74) is 1.85. The zero-order valence-corrected chi connectivity index (χ0v) is 20.8. The van der Waals surface area contributed by atoms with Gasteiger partial charge in [0.1, 0.15) is 16.4 Å². The first-order valence-corrected chi connectivity index (χ1v) is 10.9. The summed E-state index contributed by atoms with van der Waals surface area (Å²) >= 11 is 0.836. The molecule has 1 unspecified atom stereocenters. The molecule has 0 aromatic heterocycles. The molecule has 0 saturated carbocycles. The van der Waals surface area contributed by atoms with Gasteiger partial charge in [-0.25, -0.2) is 15.2 Å². The van der Waals surface area contributed by atoms with Crippen molar-refractivity contribution in [3.05, 3.63) is 29.8 Å². The van der Waals surface area contributed by atoms with Crippen LogP contribution in [0.2, 0.25) is 0 Å². The Hall–Kier alpha value is -3.41. The Kier molecular flexibility index (Phi) is 8.43.